The second-order valence-electron chi connectivity index (χ2n) is 2.39. The molecular formula is C10H13NS. The Kier molecular flexibility index (Phi) is 3.88. The summed E-state index contributed by atoms with van der Waals surface area (Å²) in [6.07, 6.45) is 1.01. The van der Waals surface area contributed by atoms with Crippen molar-refractivity contribution in [1.29, 1.82) is 0 Å². The number of rotatable bonds is 2. The molecule has 0 aliphatic carbocycles. The maximum Gasteiger partial charge on any atom is 0.0717 e. The van der Waals surface area contributed by atoms with Crippen LogP contribution in [0.15, 0.2) is 40.2 Å². The van der Waals surface area contributed by atoms with Crippen LogP contribution in [0.2, 0.25) is 0 Å². The molecule has 2 heteroatoms. The predicted molar refractivity (Wildman–Crippen MR) is 55.9 cm³/mol. The van der Waals surface area contributed by atoms with E-state index in [-0.39, 0.29) is 0 Å². The lowest BCUT2D eigenvalue weighted by Gasteiger charge is -2.00. The minimum Gasteiger partial charge on any atom is -0.286 e. The molecule has 0 saturated carbocycles. The van der Waals surface area contributed by atoms with Gasteiger partial charge in [-0.1, -0.05) is 36.9 Å². The van der Waals surface area contributed by atoms with Gasteiger partial charge < -0.3 is 0 Å². The molecule has 0 saturated heterocycles. The first-order valence-corrected chi connectivity index (χ1v) is 4.87. The zero-order valence-corrected chi connectivity index (χ0v) is 8.27. The van der Waals surface area contributed by atoms with Crippen molar-refractivity contribution in [3.63, 3.8) is 0 Å². The smallest absolute Gasteiger partial charge is 0.0717 e. The normalized spacial score (nSPS) is 11.7. The number of benzene rings is 1. The highest BCUT2D eigenvalue weighted by Crippen LogP contribution is 2.20. The number of aliphatic imine (C=N–C) groups is 1. The first-order valence-electron chi connectivity index (χ1n) is 4.05. The molecule has 0 aliphatic heterocycles. The van der Waals surface area contributed by atoms with E-state index in [1.54, 1.807) is 11.8 Å². The molecule has 1 nitrogen and oxygen atoms in total. The first-order chi connectivity index (χ1) is 5.86. The van der Waals surface area contributed by atoms with Gasteiger partial charge in [-0.25, -0.2) is 0 Å². The van der Waals surface area contributed by atoms with Crippen LogP contribution < -0.4 is 0 Å². The molecular weight excluding hydrogens is 166 g/mol. The molecule has 0 bridgehead atoms. The molecule has 0 heterocycles. The van der Waals surface area contributed by atoms with Crippen molar-refractivity contribution in [3.8, 4) is 0 Å². The minimum atomic E-state index is 1.01. The summed E-state index contributed by atoms with van der Waals surface area (Å²) >= 11 is 1.74. The lowest BCUT2D eigenvalue weighted by atomic mass is 10.4. The highest BCUT2D eigenvalue weighted by molar-refractivity contribution is 8.14. The molecule has 0 radical (unpaired) electrons. The van der Waals surface area contributed by atoms with E-state index in [1.165, 1.54) is 9.94 Å². The summed E-state index contributed by atoms with van der Waals surface area (Å²) < 4.78 is 0. The third kappa shape index (κ3) is 2.70. The fourth-order valence-corrected chi connectivity index (χ4v) is 1.70. The van der Waals surface area contributed by atoms with Crippen molar-refractivity contribution in [2.24, 2.45) is 4.99 Å². The van der Waals surface area contributed by atoms with E-state index in [2.05, 4.69) is 24.0 Å². The Morgan fingerprint density at radius 1 is 1.33 bits per heavy atom. The average molecular weight is 179 g/mol. The second kappa shape index (κ2) is 4.99. The van der Waals surface area contributed by atoms with Crippen LogP contribution in [0.3, 0.4) is 0 Å². The van der Waals surface area contributed by atoms with Gasteiger partial charge in [0.25, 0.3) is 0 Å². The molecule has 1 aromatic rings. The third-order valence-electron chi connectivity index (χ3n) is 1.53. The van der Waals surface area contributed by atoms with Gasteiger partial charge in [-0.05, 0) is 18.6 Å². The monoisotopic (exact) mass is 179 g/mol. The van der Waals surface area contributed by atoms with Crippen molar-refractivity contribution in [2.75, 3.05) is 7.05 Å². The van der Waals surface area contributed by atoms with Gasteiger partial charge in [-0.15, -0.1) is 0 Å². The quantitative estimate of drug-likeness (QED) is 0.386. The topological polar surface area (TPSA) is 12.4 Å². The van der Waals surface area contributed by atoms with E-state index in [0.29, 0.717) is 0 Å². The van der Waals surface area contributed by atoms with Crippen LogP contribution in [0.1, 0.15) is 13.3 Å². The van der Waals surface area contributed by atoms with Crippen LogP contribution in [-0.2, 0) is 0 Å². The molecule has 0 atom stereocenters. The predicted octanol–water partition coefficient (Wildman–Crippen LogP) is 3.22. The Labute approximate surface area is 77.9 Å². The van der Waals surface area contributed by atoms with Crippen LogP contribution in [0.5, 0.6) is 0 Å². The minimum absolute atomic E-state index is 1.01. The largest absolute Gasteiger partial charge is 0.286 e. The van der Waals surface area contributed by atoms with Crippen molar-refractivity contribution in [2.45, 2.75) is 18.2 Å². The Balaban J connectivity index is 2.64. The zero-order chi connectivity index (χ0) is 8.81. The van der Waals surface area contributed by atoms with Crippen molar-refractivity contribution >= 4 is 16.8 Å². The molecule has 0 unspecified atom stereocenters. The van der Waals surface area contributed by atoms with E-state index >= 15 is 0 Å². The molecule has 0 fully saturated rings. The van der Waals surface area contributed by atoms with Crippen LogP contribution >= 0.6 is 11.8 Å². The molecule has 0 aromatic heterocycles. The summed E-state index contributed by atoms with van der Waals surface area (Å²) in [6.45, 7) is 2.12. The SMILES string of the molecule is CC/C(=N/C)Sc1ccccc1. The maximum atomic E-state index is 4.18. The molecule has 12 heavy (non-hydrogen) atoms. The van der Waals surface area contributed by atoms with Gasteiger partial charge in [0.05, 0.1) is 5.04 Å². The Morgan fingerprint density at radius 3 is 2.50 bits per heavy atom. The van der Waals surface area contributed by atoms with Crippen molar-refractivity contribution in [3.05, 3.63) is 30.3 Å². The number of thioether (sulfide) groups is 1. The molecule has 64 valence electrons. The summed E-state index contributed by atoms with van der Waals surface area (Å²) in [6, 6.07) is 10.3. The highest BCUT2D eigenvalue weighted by atomic mass is 32.2. The summed E-state index contributed by atoms with van der Waals surface area (Å²) in [4.78, 5) is 5.45. The first kappa shape index (κ1) is 9.33. The van der Waals surface area contributed by atoms with Crippen LogP contribution in [0, 0.1) is 0 Å². The molecule has 1 aromatic carbocycles. The number of hydrogen-bond donors (Lipinski definition) is 0. The van der Waals surface area contributed by atoms with E-state index in [0.717, 1.165) is 6.42 Å². The van der Waals surface area contributed by atoms with E-state index in [4.69, 9.17) is 0 Å². The van der Waals surface area contributed by atoms with Gasteiger partial charge in [0, 0.05) is 11.9 Å². The van der Waals surface area contributed by atoms with Gasteiger partial charge in [0.15, 0.2) is 0 Å². The van der Waals surface area contributed by atoms with E-state index in [1.807, 2.05) is 25.2 Å². The molecule has 0 spiro atoms. The number of hydrogen-bond acceptors (Lipinski definition) is 2. The standard InChI is InChI=1S/C10H13NS/c1-3-10(11-2)12-9-7-5-4-6-8-9/h4-8H,3H2,1-2H3/b11-10-. The van der Waals surface area contributed by atoms with Crippen LogP contribution in [0.25, 0.3) is 0 Å². The zero-order valence-electron chi connectivity index (χ0n) is 7.45. The fraction of sp³-hybridized carbons (Fsp3) is 0.300. The van der Waals surface area contributed by atoms with Gasteiger partial charge in [0.2, 0.25) is 0 Å². The lowest BCUT2D eigenvalue weighted by molar-refractivity contribution is 1.28. The molecule has 0 N–H and O–H groups in total. The van der Waals surface area contributed by atoms with Crippen LogP contribution in [-0.4, -0.2) is 12.1 Å². The Bertz CT molecular complexity index is 254. The summed E-state index contributed by atoms with van der Waals surface area (Å²) in [5.74, 6) is 0. The van der Waals surface area contributed by atoms with E-state index in [9.17, 15) is 0 Å². The molecule has 0 aliphatic rings. The van der Waals surface area contributed by atoms with Crippen molar-refractivity contribution < 1.29 is 0 Å². The maximum absolute atomic E-state index is 4.18. The van der Waals surface area contributed by atoms with Crippen LogP contribution in [0.4, 0.5) is 0 Å². The Morgan fingerprint density at radius 2 is 2.00 bits per heavy atom. The lowest BCUT2D eigenvalue weighted by Crippen LogP contribution is -1.87. The molecule has 1 rings (SSSR count). The summed E-state index contributed by atoms with van der Waals surface area (Å²) in [7, 11) is 1.84. The summed E-state index contributed by atoms with van der Waals surface area (Å²) in [5.41, 5.74) is 0. The van der Waals surface area contributed by atoms with Crippen molar-refractivity contribution in [1.82, 2.24) is 0 Å². The third-order valence-corrected chi connectivity index (χ3v) is 2.75. The molecule has 0 amide bonds. The number of nitrogens with zero attached hydrogens (tertiary/aromatic N) is 1. The highest BCUT2D eigenvalue weighted by Gasteiger charge is 1.96. The average Bonchev–Trinajstić information content (AvgIpc) is 2.16. The summed E-state index contributed by atoms with van der Waals surface area (Å²) in [5, 5.41) is 1.18. The second-order valence-corrected chi connectivity index (χ2v) is 3.53. The van der Waals surface area contributed by atoms with E-state index < -0.39 is 0 Å². The van der Waals surface area contributed by atoms with Gasteiger partial charge >= 0.3 is 0 Å². The van der Waals surface area contributed by atoms with Gasteiger partial charge in [0.1, 0.15) is 0 Å². The van der Waals surface area contributed by atoms with Gasteiger partial charge in [-0.3, -0.25) is 4.99 Å². The Hall–Kier alpha value is -0.760. The fourth-order valence-electron chi connectivity index (χ4n) is 0.901. The van der Waals surface area contributed by atoms with Gasteiger partial charge in [-0.2, -0.15) is 0 Å².